The maximum absolute atomic E-state index is 13.0. The number of hydrogen-bond acceptors (Lipinski definition) is 11. The lowest BCUT2D eigenvalue weighted by molar-refractivity contribution is -0.384. The number of likely N-dealkylation sites (tertiary alicyclic amines) is 1. The van der Waals surface area contributed by atoms with E-state index in [2.05, 4.69) is 47.6 Å². The summed E-state index contributed by atoms with van der Waals surface area (Å²) < 4.78 is 6.03. The molecule has 1 fully saturated rings. The summed E-state index contributed by atoms with van der Waals surface area (Å²) in [6.45, 7) is 5.97. The third-order valence-electron chi connectivity index (χ3n) is 5.72. The summed E-state index contributed by atoms with van der Waals surface area (Å²) >= 11 is 0. The molecule has 2 aromatic heterocycles. The summed E-state index contributed by atoms with van der Waals surface area (Å²) in [5, 5.41) is 30.5. The number of carbonyl (C=O) groups excluding carboxylic acids is 1. The fourth-order valence-electron chi connectivity index (χ4n) is 3.66. The molecule has 14 nitrogen and oxygen atoms in total. The molecule has 1 aromatic carbocycles. The molecule has 0 bridgehead atoms. The molecule has 0 spiro atoms. The van der Waals surface area contributed by atoms with Crippen LogP contribution in [-0.2, 0) is 6.54 Å². The Morgan fingerprint density at radius 2 is 2.12 bits per heavy atom. The molecular weight excluding hydrogens is 444 g/mol. The number of benzene rings is 1. The van der Waals surface area contributed by atoms with Gasteiger partial charge in [-0.15, -0.1) is 5.10 Å². The van der Waals surface area contributed by atoms with Crippen LogP contribution in [0.2, 0.25) is 0 Å². The van der Waals surface area contributed by atoms with Crippen LogP contribution in [0.1, 0.15) is 48.4 Å². The normalized spacial score (nSPS) is 15.4. The molecule has 1 aliphatic rings. The second-order valence-corrected chi connectivity index (χ2v) is 8.17. The smallest absolute Gasteiger partial charge is 0.293 e. The third kappa shape index (κ3) is 4.91. The second kappa shape index (κ2) is 9.74. The molecule has 3 heterocycles. The van der Waals surface area contributed by atoms with Crippen LogP contribution in [-0.4, -0.2) is 59.8 Å². The van der Waals surface area contributed by atoms with E-state index in [1.165, 1.54) is 16.8 Å². The molecule has 1 aliphatic heterocycles. The van der Waals surface area contributed by atoms with Gasteiger partial charge in [-0.25, -0.2) is 10.1 Å². The quantitative estimate of drug-likeness (QED) is 0.293. The Morgan fingerprint density at radius 1 is 1.35 bits per heavy atom. The van der Waals surface area contributed by atoms with E-state index < -0.39 is 10.8 Å². The zero-order valence-electron chi connectivity index (χ0n) is 18.7. The first-order valence-electron chi connectivity index (χ1n) is 10.7. The van der Waals surface area contributed by atoms with Gasteiger partial charge in [0.25, 0.3) is 11.6 Å². The SMILES string of the molecule is CC(=NNC(=O)c1nnn(-c2nonc2N)c1CN1CCC(C)CC1)c1cccc([N+](=O)[O-])c1. The number of hydrazone groups is 1. The average Bonchev–Trinajstić information content (AvgIpc) is 3.44. The van der Waals surface area contributed by atoms with Crippen molar-refractivity contribution in [2.75, 3.05) is 18.8 Å². The summed E-state index contributed by atoms with van der Waals surface area (Å²) in [5.74, 6) is 0.211. The highest BCUT2D eigenvalue weighted by atomic mass is 16.6. The monoisotopic (exact) mass is 468 g/mol. The third-order valence-corrected chi connectivity index (χ3v) is 5.72. The number of rotatable bonds is 7. The van der Waals surface area contributed by atoms with Gasteiger partial charge < -0.3 is 5.73 Å². The molecule has 0 unspecified atom stereocenters. The van der Waals surface area contributed by atoms with Crippen molar-refractivity contribution in [1.82, 2.24) is 35.6 Å². The predicted octanol–water partition coefficient (Wildman–Crippen LogP) is 1.53. The molecule has 4 rings (SSSR count). The van der Waals surface area contributed by atoms with Crippen molar-refractivity contribution in [3.05, 3.63) is 51.3 Å². The van der Waals surface area contributed by atoms with Crippen molar-refractivity contribution in [3.8, 4) is 5.82 Å². The number of carbonyl (C=O) groups is 1. The first-order chi connectivity index (χ1) is 16.3. The van der Waals surface area contributed by atoms with Gasteiger partial charge in [0.15, 0.2) is 5.69 Å². The molecule has 0 atom stereocenters. The van der Waals surface area contributed by atoms with E-state index in [0.29, 0.717) is 29.4 Å². The number of non-ortho nitro benzene ring substituents is 1. The fourth-order valence-corrected chi connectivity index (χ4v) is 3.66. The van der Waals surface area contributed by atoms with Gasteiger partial charge >= 0.3 is 0 Å². The number of aromatic nitrogens is 5. The van der Waals surface area contributed by atoms with Crippen LogP contribution >= 0.6 is 0 Å². The Labute approximate surface area is 193 Å². The number of nitrogens with two attached hydrogens (primary N) is 1. The first-order valence-corrected chi connectivity index (χ1v) is 10.7. The van der Waals surface area contributed by atoms with Crippen molar-refractivity contribution in [2.24, 2.45) is 11.0 Å². The molecule has 178 valence electrons. The first kappa shape index (κ1) is 23.0. The van der Waals surface area contributed by atoms with Gasteiger partial charge in [-0.3, -0.25) is 19.8 Å². The Hall–Kier alpha value is -4.20. The molecule has 14 heteroatoms. The summed E-state index contributed by atoms with van der Waals surface area (Å²) in [6, 6.07) is 5.97. The van der Waals surface area contributed by atoms with Gasteiger partial charge in [0.1, 0.15) is 0 Å². The Bertz CT molecular complexity index is 1230. The maximum atomic E-state index is 13.0. The van der Waals surface area contributed by atoms with E-state index in [9.17, 15) is 14.9 Å². The van der Waals surface area contributed by atoms with E-state index in [1.54, 1.807) is 19.1 Å². The molecule has 0 radical (unpaired) electrons. The van der Waals surface area contributed by atoms with Gasteiger partial charge in [-0.1, -0.05) is 24.3 Å². The van der Waals surface area contributed by atoms with E-state index in [0.717, 1.165) is 25.9 Å². The van der Waals surface area contributed by atoms with Crippen molar-refractivity contribution < 1.29 is 14.3 Å². The van der Waals surface area contributed by atoms with Crippen molar-refractivity contribution in [2.45, 2.75) is 33.2 Å². The van der Waals surface area contributed by atoms with Crippen LogP contribution in [0.3, 0.4) is 0 Å². The minimum Gasteiger partial charge on any atom is -0.378 e. The second-order valence-electron chi connectivity index (χ2n) is 8.17. The molecule has 0 aliphatic carbocycles. The minimum atomic E-state index is -0.591. The van der Waals surface area contributed by atoms with Crippen LogP contribution in [0.25, 0.3) is 5.82 Å². The van der Waals surface area contributed by atoms with Gasteiger partial charge in [0.2, 0.25) is 11.6 Å². The molecule has 1 saturated heterocycles. The number of nitrogens with one attached hydrogen (secondary N) is 1. The van der Waals surface area contributed by atoms with Crippen LogP contribution in [0.15, 0.2) is 34.0 Å². The van der Waals surface area contributed by atoms with Gasteiger partial charge in [-0.05, 0) is 49.1 Å². The van der Waals surface area contributed by atoms with E-state index in [-0.39, 0.29) is 23.0 Å². The largest absolute Gasteiger partial charge is 0.378 e. The Kier molecular flexibility index (Phi) is 6.58. The summed E-state index contributed by atoms with van der Waals surface area (Å²) in [7, 11) is 0. The number of nitrogens with zero attached hydrogens (tertiary/aromatic N) is 8. The minimum absolute atomic E-state index is 0.0184. The summed E-state index contributed by atoms with van der Waals surface area (Å²) in [4.78, 5) is 25.7. The highest BCUT2D eigenvalue weighted by Gasteiger charge is 2.27. The van der Waals surface area contributed by atoms with Gasteiger partial charge in [0, 0.05) is 24.2 Å². The Morgan fingerprint density at radius 3 is 2.79 bits per heavy atom. The number of nitro benzene ring substituents is 1. The number of piperidine rings is 1. The zero-order chi connectivity index (χ0) is 24.2. The number of nitro groups is 1. The lowest BCUT2D eigenvalue weighted by Crippen LogP contribution is -2.34. The molecule has 3 aromatic rings. The fraction of sp³-hybridized carbons (Fsp3) is 0.400. The van der Waals surface area contributed by atoms with Crippen LogP contribution in [0.4, 0.5) is 11.5 Å². The number of hydrogen-bond donors (Lipinski definition) is 2. The van der Waals surface area contributed by atoms with E-state index >= 15 is 0 Å². The topological polar surface area (TPSA) is 183 Å². The summed E-state index contributed by atoms with van der Waals surface area (Å²) in [6.07, 6.45) is 2.09. The van der Waals surface area contributed by atoms with E-state index in [1.807, 2.05) is 0 Å². The van der Waals surface area contributed by atoms with Crippen LogP contribution in [0.5, 0.6) is 0 Å². The number of anilines is 1. The van der Waals surface area contributed by atoms with Gasteiger partial charge in [-0.2, -0.15) is 9.78 Å². The Balaban J connectivity index is 1.59. The van der Waals surface area contributed by atoms with Gasteiger partial charge in [0.05, 0.1) is 16.3 Å². The van der Waals surface area contributed by atoms with Crippen molar-refractivity contribution >= 4 is 23.1 Å². The van der Waals surface area contributed by atoms with Crippen LogP contribution in [0, 0.1) is 16.0 Å². The average molecular weight is 468 g/mol. The molecule has 0 saturated carbocycles. The predicted molar refractivity (Wildman–Crippen MR) is 120 cm³/mol. The lowest BCUT2D eigenvalue weighted by atomic mass is 9.99. The lowest BCUT2D eigenvalue weighted by Gasteiger charge is -2.30. The summed E-state index contributed by atoms with van der Waals surface area (Å²) in [5.41, 5.74) is 9.64. The highest BCUT2D eigenvalue weighted by molar-refractivity contribution is 6.01. The molecule has 1 amide bonds. The van der Waals surface area contributed by atoms with E-state index in [4.69, 9.17) is 5.73 Å². The van der Waals surface area contributed by atoms with Crippen LogP contribution < -0.4 is 11.2 Å². The molecule has 3 N–H and O–H groups in total. The van der Waals surface area contributed by atoms with Crippen molar-refractivity contribution in [3.63, 3.8) is 0 Å². The van der Waals surface area contributed by atoms with Crippen molar-refractivity contribution in [1.29, 1.82) is 0 Å². The zero-order valence-corrected chi connectivity index (χ0v) is 18.7. The number of amides is 1. The molecule has 34 heavy (non-hydrogen) atoms. The maximum Gasteiger partial charge on any atom is 0.293 e. The highest BCUT2D eigenvalue weighted by Crippen LogP contribution is 2.22. The number of nitrogen functional groups attached to an aromatic ring is 1. The standard InChI is InChI=1S/C20H24N10O4/c1-12-6-8-28(9-7-12)11-16-17(23-27-29(16)19-18(21)25-34-26-19)20(31)24-22-13(2)14-4-3-5-15(10-14)30(32)33/h3-5,10,12H,6-9,11H2,1-2H3,(H2,21,25)(H,24,31). The molecular formula is C20H24N10O4.